The van der Waals surface area contributed by atoms with E-state index in [9.17, 15) is 43.2 Å². The molecule has 0 aromatic heterocycles. The lowest BCUT2D eigenvalue weighted by Crippen LogP contribution is -2.30. The molecule has 17 nitrogen and oxygen atoms in total. The summed E-state index contributed by atoms with van der Waals surface area (Å²) in [6.45, 7) is 14.1. The Balaban J connectivity index is 5.16. The molecule has 0 amide bonds. The number of phosphoric acid groups is 2. The molecule has 0 radical (unpaired) electrons. The lowest BCUT2D eigenvalue weighted by Gasteiger charge is -2.21. The minimum absolute atomic E-state index is 0.106. The van der Waals surface area contributed by atoms with Gasteiger partial charge in [-0.1, -0.05) is 338 Å². The van der Waals surface area contributed by atoms with Crippen molar-refractivity contribution < 1.29 is 80.2 Å². The van der Waals surface area contributed by atoms with E-state index in [1.807, 2.05) is 0 Å². The zero-order valence-electron chi connectivity index (χ0n) is 63.0. The van der Waals surface area contributed by atoms with Crippen LogP contribution in [0.3, 0.4) is 0 Å². The van der Waals surface area contributed by atoms with E-state index in [2.05, 4.69) is 55.4 Å². The summed E-state index contributed by atoms with van der Waals surface area (Å²) in [5, 5.41) is 10.6. The smallest absolute Gasteiger partial charge is 0.462 e. The molecule has 0 heterocycles. The Hall–Kier alpha value is -1.94. The molecule has 5 atom stereocenters. The van der Waals surface area contributed by atoms with Gasteiger partial charge in [-0.25, -0.2) is 9.13 Å². The maximum absolute atomic E-state index is 13.1. The largest absolute Gasteiger partial charge is 0.472 e. The summed E-state index contributed by atoms with van der Waals surface area (Å²) in [5.41, 5.74) is 0. The highest BCUT2D eigenvalue weighted by Crippen LogP contribution is 2.45. The van der Waals surface area contributed by atoms with E-state index in [0.717, 1.165) is 115 Å². The Kier molecular flexibility index (Phi) is 65.0. The van der Waals surface area contributed by atoms with Gasteiger partial charge >= 0.3 is 39.5 Å². The van der Waals surface area contributed by atoms with E-state index in [0.29, 0.717) is 37.5 Å². The second kappa shape index (κ2) is 66.3. The van der Waals surface area contributed by atoms with Gasteiger partial charge in [-0.2, -0.15) is 0 Å². The summed E-state index contributed by atoms with van der Waals surface area (Å²) in [7, 11) is -9.91. The standard InChI is InChI=1S/C77H150O17P2/c1-67(2)53-45-37-29-24-20-16-13-11-9-10-12-14-18-22-26-32-43-51-59-76(81)93-72(63-87-74(79)57-49-41-34-28-31-39-47-55-69(5)6)65-91-95(83,84)89-61-71(78)62-90-96(85,86)92-66-73(64-88-75(80)58-50-42-36-35-40-48-56-70(7)8)94-77(82)60-52-44-33-27-23-19-15-17-21-25-30-38-46-54-68(3)4/h67-73,78H,9-66H2,1-8H3,(H,83,84)(H,85,86)/t71-,72-,73-/m1/s1. The van der Waals surface area contributed by atoms with Crippen molar-refractivity contribution in [3.63, 3.8) is 0 Å². The molecule has 0 rings (SSSR count). The van der Waals surface area contributed by atoms with Gasteiger partial charge in [0.15, 0.2) is 12.2 Å². The van der Waals surface area contributed by atoms with Crippen molar-refractivity contribution in [3.05, 3.63) is 0 Å². The monoisotopic (exact) mass is 1410 g/mol. The van der Waals surface area contributed by atoms with Crippen molar-refractivity contribution in [2.45, 2.75) is 408 Å². The number of aliphatic hydroxyl groups is 1. The number of rotatable bonds is 74. The maximum Gasteiger partial charge on any atom is 0.472 e. The lowest BCUT2D eigenvalue weighted by molar-refractivity contribution is -0.161. The van der Waals surface area contributed by atoms with E-state index in [4.69, 9.17) is 37.0 Å². The SMILES string of the molecule is CC(C)CCCCCCCCCCCCCCCCCCCCC(=O)O[C@H](COC(=O)CCCCCCCCCC(C)C)COP(=O)(O)OC[C@@H](O)COP(=O)(O)OC[C@@H](COC(=O)CCCCCCCCC(C)C)OC(=O)CCCCCCCCCCCCCCCC(C)C. The number of carbonyl (C=O) groups is 4. The molecule has 0 aliphatic heterocycles. The first-order valence-electron chi connectivity index (χ1n) is 39.7. The summed E-state index contributed by atoms with van der Waals surface area (Å²) < 4.78 is 68.5. The number of ether oxygens (including phenoxy) is 4. The maximum atomic E-state index is 13.1. The summed E-state index contributed by atoms with van der Waals surface area (Å²) in [4.78, 5) is 72.7. The van der Waals surface area contributed by atoms with E-state index < -0.39 is 97.5 Å². The molecule has 0 fully saturated rings. The quantitative estimate of drug-likeness (QED) is 0.0222. The molecule has 0 aliphatic rings. The molecular formula is C77H150O17P2. The molecule has 0 aromatic rings. The number of carbonyl (C=O) groups excluding carboxylic acids is 4. The van der Waals surface area contributed by atoms with Crippen LogP contribution in [0.25, 0.3) is 0 Å². The highest BCUT2D eigenvalue weighted by atomic mass is 31.2. The minimum Gasteiger partial charge on any atom is -0.462 e. The van der Waals surface area contributed by atoms with Crippen LogP contribution < -0.4 is 0 Å². The zero-order chi connectivity index (χ0) is 71.0. The molecule has 96 heavy (non-hydrogen) atoms. The predicted octanol–water partition coefficient (Wildman–Crippen LogP) is 22.4. The Morgan fingerprint density at radius 1 is 0.260 bits per heavy atom. The number of phosphoric ester groups is 2. The van der Waals surface area contributed by atoms with Crippen molar-refractivity contribution in [1.29, 1.82) is 0 Å². The van der Waals surface area contributed by atoms with E-state index in [-0.39, 0.29) is 25.7 Å². The van der Waals surface area contributed by atoms with Gasteiger partial charge in [0.1, 0.15) is 19.3 Å². The van der Waals surface area contributed by atoms with Crippen molar-refractivity contribution in [3.8, 4) is 0 Å². The predicted molar refractivity (Wildman–Crippen MR) is 391 cm³/mol. The number of hydrogen-bond donors (Lipinski definition) is 3. The average molecular weight is 1410 g/mol. The first-order chi connectivity index (χ1) is 46.1. The molecule has 570 valence electrons. The topological polar surface area (TPSA) is 237 Å². The van der Waals surface area contributed by atoms with Crippen LogP contribution >= 0.6 is 15.6 Å². The second-order valence-electron chi connectivity index (χ2n) is 29.7. The van der Waals surface area contributed by atoms with Crippen LogP contribution in [0.2, 0.25) is 0 Å². The summed E-state index contributed by atoms with van der Waals surface area (Å²) in [6.07, 6.45) is 51.7. The molecule has 19 heteroatoms. The summed E-state index contributed by atoms with van der Waals surface area (Å²) >= 11 is 0. The van der Waals surface area contributed by atoms with Crippen LogP contribution in [0, 0.1) is 23.7 Å². The van der Waals surface area contributed by atoms with Crippen LogP contribution in [-0.2, 0) is 65.4 Å². The molecule has 0 saturated heterocycles. The third-order valence-corrected chi connectivity index (χ3v) is 19.7. The van der Waals surface area contributed by atoms with Gasteiger partial charge in [-0.05, 0) is 49.4 Å². The van der Waals surface area contributed by atoms with Gasteiger partial charge in [-0.3, -0.25) is 37.3 Å². The Morgan fingerprint density at radius 3 is 0.646 bits per heavy atom. The van der Waals surface area contributed by atoms with E-state index in [1.54, 1.807) is 0 Å². The Bertz CT molecular complexity index is 1880. The molecule has 2 unspecified atom stereocenters. The molecule has 3 N–H and O–H groups in total. The van der Waals surface area contributed by atoms with Crippen LogP contribution in [0.5, 0.6) is 0 Å². The van der Waals surface area contributed by atoms with Gasteiger partial charge in [0.25, 0.3) is 0 Å². The van der Waals surface area contributed by atoms with Crippen LogP contribution in [0.4, 0.5) is 0 Å². The highest BCUT2D eigenvalue weighted by Gasteiger charge is 2.30. The van der Waals surface area contributed by atoms with Gasteiger partial charge in [0, 0.05) is 25.7 Å². The lowest BCUT2D eigenvalue weighted by atomic mass is 10.0. The van der Waals surface area contributed by atoms with Gasteiger partial charge in [0.2, 0.25) is 0 Å². The average Bonchev–Trinajstić information content (AvgIpc) is 1.10. The Morgan fingerprint density at radius 2 is 0.438 bits per heavy atom. The van der Waals surface area contributed by atoms with E-state index in [1.165, 1.54) is 180 Å². The fourth-order valence-electron chi connectivity index (χ4n) is 11.7. The fourth-order valence-corrected chi connectivity index (χ4v) is 13.3. The molecule has 0 spiro atoms. The summed E-state index contributed by atoms with van der Waals surface area (Å²) in [5.74, 6) is 0.868. The van der Waals surface area contributed by atoms with Gasteiger partial charge < -0.3 is 33.8 Å². The van der Waals surface area contributed by atoms with Crippen molar-refractivity contribution in [2.75, 3.05) is 39.6 Å². The van der Waals surface area contributed by atoms with Gasteiger partial charge in [-0.15, -0.1) is 0 Å². The molecule has 0 saturated carbocycles. The van der Waals surface area contributed by atoms with Crippen LogP contribution in [-0.4, -0.2) is 96.7 Å². The zero-order valence-corrected chi connectivity index (χ0v) is 64.8. The van der Waals surface area contributed by atoms with Crippen LogP contribution in [0.15, 0.2) is 0 Å². The molecule has 0 aliphatic carbocycles. The van der Waals surface area contributed by atoms with Crippen molar-refractivity contribution in [1.82, 2.24) is 0 Å². The van der Waals surface area contributed by atoms with Crippen molar-refractivity contribution in [2.24, 2.45) is 23.7 Å². The summed E-state index contributed by atoms with van der Waals surface area (Å²) in [6, 6.07) is 0. The molecule has 0 bridgehead atoms. The molecule has 0 aromatic carbocycles. The van der Waals surface area contributed by atoms with Crippen molar-refractivity contribution >= 4 is 39.5 Å². The second-order valence-corrected chi connectivity index (χ2v) is 32.6. The first-order valence-corrected chi connectivity index (χ1v) is 42.7. The number of aliphatic hydroxyl groups excluding tert-OH is 1. The van der Waals surface area contributed by atoms with Gasteiger partial charge in [0.05, 0.1) is 26.4 Å². The number of hydrogen-bond acceptors (Lipinski definition) is 15. The minimum atomic E-state index is -4.96. The third-order valence-electron chi connectivity index (χ3n) is 17.8. The number of unbranched alkanes of at least 4 members (excludes halogenated alkanes) is 40. The first kappa shape index (κ1) is 94.1. The molecular weight excluding hydrogens is 1260 g/mol. The normalized spacial score (nSPS) is 14.1. The van der Waals surface area contributed by atoms with E-state index >= 15 is 0 Å². The third kappa shape index (κ3) is 70.5. The number of esters is 4. The van der Waals surface area contributed by atoms with Crippen LogP contribution in [0.1, 0.15) is 389 Å². The highest BCUT2D eigenvalue weighted by molar-refractivity contribution is 7.47. The Labute approximate surface area is 588 Å². The fraction of sp³-hybridized carbons (Fsp3) is 0.948.